The van der Waals surface area contributed by atoms with Crippen LogP contribution in [0, 0.1) is 0 Å². The van der Waals surface area contributed by atoms with Crippen molar-refractivity contribution >= 4 is 18.0 Å². The van der Waals surface area contributed by atoms with Crippen LogP contribution in [0.25, 0.3) is 6.08 Å². The first-order valence-electron chi connectivity index (χ1n) is 9.34. The molecule has 0 saturated carbocycles. The molecular formula is C22H23NO8. The van der Waals surface area contributed by atoms with Crippen LogP contribution in [-0.2, 0) is 20.9 Å². The van der Waals surface area contributed by atoms with Gasteiger partial charge in [-0.3, -0.25) is 4.79 Å². The van der Waals surface area contributed by atoms with Gasteiger partial charge in [0.2, 0.25) is 12.5 Å². The summed E-state index contributed by atoms with van der Waals surface area (Å²) < 4.78 is 31.3. The summed E-state index contributed by atoms with van der Waals surface area (Å²) in [7, 11) is 4.51. The van der Waals surface area contributed by atoms with Crippen molar-refractivity contribution in [3.05, 3.63) is 47.5 Å². The Morgan fingerprint density at radius 2 is 1.71 bits per heavy atom. The zero-order valence-corrected chi connectivity index (χ0v) is 17.4. The lowest BCUT2D eigenvalue weighted by molar-refractivity contribution is -0.143. The maximum absolute atomic E-state index is 12.0. The van der Waals surface area contributed by atoms with Gasteiger partial charge in [-0.1, -0.05) is 6.07 Å². The van der Waals surface area contributed by atoms with Crippen molar-refractivity contribution in [2.24, 2.45) is 0 Å². The smallest absolute Gasteiger partial charge is 0.331 e. The Labute approximate surface area is 179 Å². The van der Waals surface area contributed by atoms with E-state index >= 15 is 0 Å². The lowest BCUT2D eigenvalue weighted by Crippen LogP contribution is -2.28. The number of hydrogen-bond donors (Lipinski definition) is 1. The Morgan fingerprint density at radius 1 is 1.00 bits per heavy atom. The fourth-order valence-electron chi connectivity index (χ4n) is 2.85. The maximum Gasteiger partial charge on any atom is 0.331 e. The van der Waals surface area contributed by atoms with E-state index in [0.29, 0.717) is 34.3 Å². The summed E-state index contributed by atoms with van der Waals surface area (Å²) in [6.45, 7) is 0.0575. The number of carbonyl (C=O) groups excluding carboxylic acids is 2. The van der Waals surface area contributed by atoms with Gasteiger partial charge in [-0.05, 0) is 41.5 Å². The molecule has 9 nitrogen and oxygen atoms in total. The predicted molar refractivity (Wildman–Crippen MR) is 111 cm³/mol. The zero-order valence-electron chi connectivity index (χ0n) is 17.4. The quantitative estimate of drug-likeness (QED) is 0.479. The van der Waals surface area contributed by atoms with Gasteiger partial charge < -0.3 is 33.7 Å². The van der Waals surface area contributed by atoms with Crippen molar-refractivity contribution in [1.82, 2.24) is 5.32 Å². The largest absolute Gasteiger partial charge is 0.493 e. The number of amides is 1. The molecule has 0 unspecified atom stereocenters. The van der Waals surface area contributed by atoms with Crippen LogP contribution in [0.5, 0.6) is 28.7 Å². The molecular weight excluding hydrogens is 406 g/mol. The van der Waals surface area contributed by atoms with Gasteiger partial charge in [0, 0.05) is 12.6 Å². The number of ether oxygens (including phenoxy) is 6. The molecule has 9 heteroatoms. The highest BCUT2D eigenvalue weighted by molar-refractivity contribution is 5.89. The molecule has 1 N–H and O–H groups in total. The summed E-state index contributed by atoms with van der Waals surface area (Å²) in [5.41, 5.74) is 1.48. The first kappa shape index (κ1) is 21.8. The summed E-state index contributed by atoms with van der Waals surface area (Å²) in [5, 5.41) is 2.68. The lowest BCUT2D eigenvalue weighted by atomic mass is 10.1. The molecule has 0 radical (unpaired) electrons. The third-order valence-corrected chi connectivity index (χ3v) is 4.37. The molecule has 0 aliphatic carbocycles. The van der Waals surface area contributed by atoms with Gasteiger partial charge in [0.1, 0.15) is 0 Å². The van der Waals surface area contributed by atoms with E-state index in [0.717, 1.165) is 5.56 Å². The van der Waals surface area contributed by atoms with Crippen molar-refractivity contribution in [3.63, 3.8) is 0 Å². The molecule has 31 heavy (non-hydrogen) atoms. The third kappa shape index (κ3) is 5.59. The SMILES string of the molecule is COc1cc(/C=C/C(=O)OCC(=O)NCc2ccc3c(c2)OCO3)cc(OC)c1OC. The van der Waals surface area contributed by atoms with Gasteiger partial charge >= 0.3 is 5.97 Å². The molecule has 0 atom stereocenters. The minimum Gasteiger partial charge on any atom is -0.493 e. The second-order valence-electron chi connectivity index (χ2n) is 6.36. The van der Waals surface area contributed by atoms with E-state index in [1.54, 1.807) is 24.3 Å². The van der Waals surface area contributed by atoms with Crippen LogP contribution in [0.4, 0.5) is 0 Å². The van der Waals surface area contributed by atoms with E-state index in [1.165, 1.54) is 33.5 Å². The molecule has 3 rings (SSSR count). The van der Waals surface area contributed by atoms with E-state index in [9.17, 15) is 9.59 Å². The molecule has 0 spiro atoms. The molecule has 2 aromatic carbocycles. The van der Waals surface area contributed by atoms with Gasteiger partial charge in [-0.2, -0.15) is 0 Å². The van der Waals surface area contributed by atoms with Crippen molar-refractivity contribution in [1.29, 1.82) is 0 Å². The summed E-state index contributed by atoms with van der Waals surface area (Å²) in [5.74, 6) is 1.58. The molecule has 2 aromatic rings. The third-order valence-electron chi connectivity index (χ3n) is 4.37. The highest BCUT2D eigenvalue weighted by atomic mass is 16.7. The number of methoxy groups -OCH3 is 3. The highest BCUT2D eigenvalue weighted by Gasteiger charge is 2.14. The van der Waals surface area contributed by atoms with E-state index in [1.807, 2.05) is 6.07 Å². The van der Waals surface area contributed by atoms with E-state index in [-0.39, 0.29) is 13.3 Å². The normalized spacial score (nSPS) is 11.8. The standard InChI is InChI=1S/C22H23NO8/c1-26-18-8-14(9-19(27-2)22(18)28-3)5-7-21(25)29-12-20(24)23-11-15-4-6-16-17(10-15)31-13-30-16/h4-10H,11-13H2,1-3H3,(H,23,24)/b7-5+. The van der Waals surface area contributed by atoms with Crippen LogP contribution in [0.2, 0.25) is 0 Å². The lowest BCUT2D eigenvalue weighted by Gasteiger charge is -2.12. The van der Waals surface area contributed by atoms with Crippen LogP contribution in [-0.4, -0.2) is 46.6 Å². The Morgan fingerprint density at radius 3 is 2.39 bits per heavy atom. The number of fused-ring (bicyclic) bond motifs is 1. The van der Waals surface area contributed by atoms with Crippen LogP contribution in [0.3, 0.4) is 0 Å². The van der Waals surface area contributed by atoms with Gasteiger partial charge in [0.05, 0.1) is 21.3 Å². The first-order valence-corrected chi connectivity index (χ1v) is 9.34. The Hall–Kier alpha value is -3.88. The first-order chi connectivity index (χ1) is 15.0. The van der Waals surface area contributed by atoms with Gasteiger partial charge in [-0.25, -0.2) is 4.79 Å². The number of carbonyl (C=O) groups is 2. The van der Waals surface area contributed by atoms with Gasteiger partial charge in [0.25, 0.3) is 5.91 Å². The fourth-order valence-corrected chi connectivity index (χ4v) is 2.85. The fraction of sp³-hybridized carbons (Fsp3) is 0.273. The predicted octanol–water partition coefficient (Wildman–Crippen LogP) is 2.31. The minimum atomic E-state index is -0.660. The van der Waals surface area contributed by atoms with Crippen LogP contribution >= 0.6 is 0 Å². The molecule has 1 heterocycles. The average molecular weight is 429 g/mol. The number of hydrogen-bond acceptors (Lipinski definition) is 8. The molecule has 1 aliphatic rings. The number of esters is 1. The molecule has 0 saturated heterocycles. The minimum absolute atomic E-state index is 0.185. The summed E-state index contributed by atoms with van der Waals surface area (Å²) in [4.78, 5) is 23.9. The monoisotopic (exact) mass is 429 g/mol. The van der Waals surface area contributed by atoms with E-state index in [4.69, 9.17) is 28.4 Å². The van der Waals surface area contributed by atoms with Crippen molar-refractivity contribution in [2.75, 3.05) is 34.7 Å². The van der Waals surface area contributed by atoms with E-state index in [2.05, 4.69) is 5.32 Å². The van der Waals surface area contributed by atoms with Crippen molar-refractivity contribution in [2.45, 2.75) is 6.54 Å². The molecule has 1 amide bonds. The Balaban J connectivity index is 1.49. The summed E-state index contributed by atoms with van der Waals surface area (Å²) in [6, 6.07) is 8.75. The van der Waals surface area contributed by atoms with Gasteiger partial charge in [0.15, 0.2) is 29.6 Å². The number of benzene rings is 2. The second-order valence-corrected chi connectivity index (χ2v) is 6.36. The molecule has 1 aliphatic heterocycles. The summed E-state index contributed by atoms with van der Waals surface area (Å²) >= 11 is 0. The van der Waals surface area contributed by atoms with Crippen LogP contribution < -0.4 is 29.0 Å². The van der Waals surface area contributed by atoms with Crippen molar-refractivity contribution in [3.8, 4) is 28.7 Å². The summed E-state index contributed by atoms with van der Waals surface area (Å²) in [6.07, 6.45) is 2.74. The second kappa shape index (κ2) is 10.2. The topological polar surface area (TPSA) is 102 Å². The van der Waals surface area contributed by atoms with Crippen LogP contribution in [0.1, 0.15) is 11.1 Å². The zero-order chi connectivity index (χ0) is 22.2. The maximum atomic E-state index is 12.0. The molecule has 0 bridgehead atoms. The van der Waals surface area contributed by atoms with Crippen molar-refractivity contribution < 1.29 is 38.0 Å². The molecule has 164 valence electrons. The molecule has 0 aromatic heterocycles. The van der Waals surface area contributed by atoms with Crippen LogP contribution in [0.15, 0.2) is 36.4 Å². The van der Waals surface area contributed by atoms with Gasteiger partial charge in [-0.15, -0.1) is 0 Å². The Bertz CT molecular complexity index is 960. The molecule has 0 fully saturated rings. The average Bonchev–Trinajstić information content (AvgIpc) is 3.27. The number of rotatable bonds is 9. The van der Waals surface area contributed by atoms with E-state index < -0.39 is 18.5 Å². The highest BCUT2D eigenvalue weighted by Crippen LogP contribution is 2.38. The number of nitrogens with one attached hydrogen (secondary N) is 1. The Kier molecular flexibility index (Phi) is 7.21.